The highest BCUT2D eigenvalue weighted by atomic mass is 16.6. The molecule has 0 aromatic heterocycles. The van der Waals surface area contributed by atoms with E-state index in [1.807, 2.05) is 6.92 Å². The number of nitro benzene ring substituents is 1. The van der Waals surface area contributed by atoms with Gasteiger partial charge in [0.2, 0.25) is 0 Å². The van der Waals surface area contributed by atoms with Gasteiger partial charge in [-0.3, -0.25) is 14.9 Å². The van der Waals surface area contributed by atoms with Gasteiger partial charge in [0.25, 0.3) is 11.6 Å². The van der Waals surface area contributed by atoms with Gasteiger partial charge in [-0.15, -0.1) is 0 Å². The molecule has 2 aromatic carbocycles. The molecular formula is C17H16N2O6. The summed E-state index contributed by atoms with van der Waals surface area (Å²) >= 11 is 0. The molecule has 130 valence electrons. The molecule has 0 spiro atoms. The molecule has 0 radical (unpaired) electrons. The Hall–Kier alpha value is -3.42. The fourth-order valence-electron chi connectivity index (χ4n) is 2.08. The number of esters is 1. The van der Waals surface area contributed by atoms with E-state index in [0.29, 0.717) is 5.75 Å². The Morgan fingerprint density at radius 2 is 1.96 bits per heavy atom. The summed E-state index contributed by atoms with van der Waals surface area (Å²) in [5.41, 5.74) is 1.14. The van der Waals surface area contributed by atoms with Crippen LogP contribution in [0.1, 0.15) is 15.9 Å². The summed E-state index contributed by atoms with van der Waals surface area (Å²) < 4.78 is 10.1. The number of aryl methyl sites for hydroxylation is 1. The second-order valence-electron chi connectivity index (χ2n) is 5.14. The third kappa shape index (κ3) is 4.77. The van der Waals surface area contributed by atoms with E-state index in [9.17, 15) is 19.7 Å². The van der Waals surface area contributed by atoms with E-state index < -0.39 is 23.4 Å². The Morgan fingerprint density at radius 1 is 1.20 bits per heavy atom. The average molecular weight is 344 g/mol. The van der Waals surface area contributed by atoms with Crippen LogP contribution in [0.25, 0.3) is 0 Å². The Balaban J connectivity index is 1.98. The molecule has 1 N–H and O–H groups in total. The molecule has 0 unspecified atom stereocenters. The standard InChI is InChI=1S/C17H16N2O6/c1-11-6-7-15(24-2)14(8-11)17(21)25-10-16(20)18-12-4-3-5-13(9-12)19(22)23/h3-9H,10H2,1-2H3,(H,18,20). The number of carbonyl (C=O) groups excluding carboxylic acids is 2. The summed E-state index contributed by atoms with van der Waals surface area (Å²) in [7, 11) is 1.43. The molecule has 0 aliphatic rings. The van der Waals surface area contributed by atoms with Crippen LogP contribution in [-0.2, 0) is 9.53 Å². The van der Waals surface area contributed by atoms with Crippen LogP contribution in [0.15, 0.2) is 42.5 Å². The lowest BCUT2D eigenvalue weighted by molar-refractivity contribution is -0.384. The maximum atomic E-state index is 12.1. The van der Waals surface area contributed by atoms with Crippen molar-refractivity contribution in [2.24, 2.45) is 0 Å². The van der Waals surface area contributed by atoms with E-state index in [-0.39, 0.29) is 16.9 Å². The largest absolute Gasteiger partial charge is 0.496 e. The van der Waals surface area contributed by atoms with Crippen molar-refractivity contribution in [1.29, 1.82) is 0 Å². The Bertz CT molecular complexity index is 819. The second-order valence-corrected chi connectivity index (χ2v) is 5.14. The summed E-state index contributed by atoms with van der Waals surface area (Å²) in [6, 6.07) is 10.5. The van der Waals surface area contributed by atoms with Crippen LogP contribution in [0.2, 0.25) is 0 Å². The van der Waals surface area contributed by atoms with Gasteiger partial charge in [-0.2, -0.15) is 0 Å². The minimum Gasteiger partial charge on any atom is -0.496 e. The number of hydrogen-bond donors (Lipinski definition) is 1. The number of nitro groups is 1. The van der Waals surface area contributed by atoms with Gasteiger partial charge in [0.15, 0.2) is 6.61 Å². The van der Waals surface area contributed by atoms with E-state index in [4.69, 9.17) is 9.47 Å². The smallest absolute Gasteiger partial charge is 0.342 e. The summed E-state index contributed by atoms with van der Waals surface area (Å²) in [6.07, 6.45) is 0. The van der Waals surface area contributed by atoms with Gasteiger partial charge >= 0.3 is 5.97 Å². The highest BCUT2D eigenvalue weighted by Gasteiger charge is 2.16. The third-order valence-corrected chi connectivity index (χ3v) is 3.25. The zero-order valence-corrected chi connectivity index (χ0v) is 13.6. The number of nitrogens with one attached hydrogen (secondary N) is 1. The first kappa shape index (κ1) is 17.9. The van der Waals surface area contributed by atoms with Crippen molar-refractivity contribution < 1.29 is 24.0 Å². The number of carbonyl (C=O) groups is 2. The van der Waals surface area contributed by atoms with Gasteiger partial charge in [0.1, 0.15) is 11.3 Å². The van der Waals surface area contributed by atoms with Crippen molar-refractivity contribution >= 4 is 23.3 Å². The summed E-state index contributed by atoms with van der Waals surface area (Å²) in [6.45, 7) is 1.28. The number of rotatable bonds is 6. The predicted molar refractivity (Wildman–Crippen MR) is 89.7 cm³/mol. The van der Waals surface area contributed by atoms with Crippen molar-refractivity contribution in [1.82, 2.24) is 0 Å². The van der Waals surface area contributed by atoms with Gasteiger partial charge in [0, 0.05) is 17.8 Å². The van der Waals surface area contributed by atoms with Gasteiger partial charge in [-0.25, -0.2) is 4.79 Å². The Morgan fingerprint density at radius 3 is 2.64 bits per heavy atom. The lowest BCUT2D eigenvalue weighted by Crippen LogP contribution is -2.21. The zero-order chi connectivity index (χ0) is 18.4. The van der Waals surface area contributed by atoms with Gasteiger partial charge in [-0.1, -0.05) is 17.7 Å². The topological polar surface area (TPSA) is 108 Å². The van der Waals surface area contributed by atoms with Crippen molar-refractivity contribution in [2.45, 2.75) is 6.92 Å². The van der Waals surface area contributed by atoms with Gasteiger partial charge < -0.3 is 14.8 Å². The highest BCUT2D eigenvalue weighted by molar-refractivity contribution is 5.97. The molecule has 1 amide bonds. The maximum Gasteiger partial charge on any atom is 0.342 e. The molecule has 2 aromatic rings. The molecule has 8 nitrogen and oxygen atoms in total. The number of benzene rings is 2. The molecule has 0 saturated heterocycles. The third-order valence-electron chi connectivity index (χ3n) is 3.25. The molecule has 2 rings (SSSR count). The number of ether oxygens (including phenoxy) is 2. The van der Waals surface area contributed by atoms with Gasteiger partial charge in [0.05, 0.1) is 12.0 Å². The van der Waals surface area contributed by atoms with Crippen molar-refractivity contribution in [3.63, 3.8) is 0 Å². The van der Waals surface area contributed by atoms with Crippen LogP contribution in [0.4, 0.5) is 11.4 Å². The van der Waals surface area contributed by atoms with Crippen LogP contribution < -0.4 is 10.1 Å². The van der Waals surface area contributed by atoms with Crippen LogP contribution in [-0.4, -0.2) is 30.5 Å². The maximum absolute atomic E-state index is 12.1. The van der Waals surface area contributed by atoms with E-state index in [1.54, 1.807) is 18.2 Å². The first-order chi connectivity index (χ1) is 11.9. The van der Waals surface area contributed by atoms with E-state index in [1.165, 1.54) is 31.4 Å². The monoisotopic (exact) mass is 344 g/mol. The molecule has 0 aliphatic carbocycles. The van der Waals surface area contributed by atoms with Crippen molar-refractivity contribution in [3.8, 4) is 5.75 Å². The predicted octanol–water partition coefficient (Wildman–Crippen LogP) is 2.71. The second kappa shape index (κ2) is 7.91. The fourth-order valence-corrected chi connectivity index (χ4v) is 2.08. The first-order valence-electron chi connectivity index (χ1n) is 7.27. The number of nitrogens with zero attached hydrogens (tertiary/aromatic N) is 1. The minimum atomic E-state index is -0.699. The average Bonchev–Trinajstić information content (AvgIpc) is 2.59. The number of anilines is 1. The molecule has 0 atom stereocenters. The lowest BCUT2D eigenvalue weighted by atomic mass is 10.1. The van der Waals surface area contributed by atoms with Gasteiger partial charge in [-0.05, 0) is 25.1 Å². The molecule has 0 saturated carbocycles. The molecule has 0 heterocycles. The van der Waals surface area contributed by atoms with Crippen molar-refractivity contribution in [2.75, 3.05) is 19.0 Å². The molecule has 8 heteroatoms. The summed E-state index contributed by atoms with van der Waals surface area (Å²) in [4.78, 5) is 34.1. The van der Waals surface area contributed by atoms with Crippen LogP contribution in [0.3, 0.4) is 0 Å². The number of non-ortho nitro benzene ring substituents is 1. The van der Waals surface area contributed by atoms with Crippen LogP contribution >= 0.6 is 0 Å². The normalized spacial score (nSPS) is 10.0. The number of methoxy groups -OCH3 is 1. The number of hydrogen-bond acceptors (Lipinski definition) is 6. The number of amides is 1. The molecule has 0 fully saturated rings. The highest BCUT2D eigenvalue weighted by Crippen LogP contribution is 2.21. The molecule has 0 aliphatic heterocycles. The lowest BCUT2D eigenvalue weighted by Gasteiger charge is -2.10. The Labute approximate surface area is 143 Å². The van der Waals surface area contributed by atoms with E-state index in [0.717, 1.165) is 5.56 Å². The molecule has 0 bridgehead atoms. The molecular weight excluding hydrogens is 328 g/mol. The summed E-state index contributed by atoms with van der Waals surface area (Å²) in [5, 5.41) is 13.1. The van der Waals surface area contributed by atoms with E-state index >= 15 is 0 Å². The first-order valence-corrected chi connectivity index (χ1v) is 7.27. The Kier molecular flexibility index (Phi) is 5.67. The summed E-state index contributed by atoms with van der Waals surface area (Å²) in [5.74, 6) is -0.968. The SMILES string of the molecule is COc1ccc(C)cc1C(=O)OCC(=O)Nc1cccc([N+](=O)[O-])c1. The zero-order valence-electron chi connectivity index (χ0n) is 13.6. The minimum absolute atomic E-state index is 0.153. The fraction of sp³-hybridized carbons (Fsp3) is 0.176. The van der Waals surface area contributed by atoms with Crippen LogP contribution in [0, 0.1) is 17.0 Å². The quantitative estimate of drug-likeness (QED) is 0.490. The van der Waals surface area contributed by atoms with Crippen LogP contribution in [0.5, 0.6) is 5.75 Å². The molecule has 25 heavy (non-hydrogen) atoms. The van der Waals surface area contributed by atoms with E-state index in [2.05, 4.69) is 5.32 Å². The van der Waals surface area contributed by atoms with Crippen molar-refractivity contribution in [3.05, 3.63) is 63.7 Å².